The van der Waals surface area contributed by atoms with Gasteiger partial charge in [0.25, 0.3) is 0 Å². The average Bonchev–Trinajstić information content (AvgIpc) is 3.66. The second-order valence-corrected chi connectivity index (χ2v) is 13.0. The molecule has 2 aliphatic carbocycles. The number of nitriles is 2. The predicted octanol–water partition coefficient (Wildman–Crippen LogP) is 10.1. The van der Waals surface area contributed by atoms with Crippen molar-refractivity contribution in [2.45, 2.75) is 5.41 Å². The Morgan fingerprint density at radius 1 is 0.412 bits per heavy atom. The molecule has 1 heterocycles. The molecule has 0 bridgehead atoms. The standard InChI is InChI=1S/C46H25N5/c47-26-28-18-21-35-37-24-31-19-20-32(45-50-43(29-10-3-1-4-11-29)49-44(51-45)30-12-5-2-6-13-30)23-34(31)25-41(37)46(40(35)22-28)38-16-8-7-15-36(38)42-33(27-48)14-9-17-39(42)46/h1-25H. The van der Waals surface area contributed by atoms with Gasteiger partial charge in [-0.15, -0.1) is 0 Å². The Balaban J connectivity index is 1.24. The van der Waals surface area contributed by atoms with Gasteiger partial charge in [-0.2, -0.15) is 10.5 Å². The van der Waals surface area contributed by atoms with Crippen LogP contribution >= 0.6 is 0 Å². The Hall–Kier alpha value is -7.21. The molecule has 1 atom stereocenters. The van der Waals surface area contributed by atoms with Gasteiger partial charge in [0.05, 0.1) is 28.7 Å². The van der Waals surface area contributed by atoms with Crippen LogP contribution in [0.1, 0.15) is 33.4 Å². The fourth-order valence-electron chi connectivity index (χ4n) is 8.21. The van der Waals surface area contributed by atoms with Crippen molar-refractivity contribution in [3.05, 3.63) is 185 Å². The molecule has 10 rings (SSSR count). The van der Waals surface area contributed by atoms with E-state index in [0.717, 1.165) is 72.0 Å². The number of benzene rings is 7. The fourth-order valence-corrected chi connectivity index (χ4v) is 8.21. The van der Waals surface area contributed by atoms with Gasteiger partial charge in [-0.05, 0) is 86.1 Å². The molecular weight excluding hydrogens is 623 g/mol. The number of rotatable bonds is 3. The van der Waals surface area contributed by atoms with Crippen LogP contribution in [0.5, 0.6) is 0 Å². The highest BCUT2D eigenvalue weighted by Gasteiger charge is 2.52. The monoisotopic (exact) mass is 647 g/mol. The average molecular weight is 648 g/mol. The first-order chi connectivity index (χ1) is 25.2. The zero-order valence-corrected chi connectivity index (χ0v) is 27.2. The summed E-state index contributed by atoms with van der Waals surface area (Å²) in [7, 11) is 0. The second kappa shape index (κ2) is 10.9. The normalized spacial score (nSPS) is 14.7. The molecule has 0 fully saturated rings. The van der Waals surface area contributed by atoms with Crippen LogP contribution in [0.25, 0.3) is 67.2 Å². The number of aromatic nitrogens is 3. The van der Waals surface area contributed by atoms with Gasteiger partial charge in [-0.25, -0.2) is 15.0 Å². The summed E-state index contributed by atoms with van der Waals surface area (Å²) in [5, 5.41) is 22.5. The fraction of sp³-hybridized carbons (Fsp3) is 0.0217. The number of hydrogen-bond donors (Lipinski definition) is 0. The highest BCUT2D eigenvalue weighted by molar-refractivity contribution is 6.01. The number of hydrogen-bond acceptors (Lipinski definition) is 5. The molecule has 5 heteroatoms. The molecule has 1 spiro atoms. The Morgan fingerprint density at radius 2 is 1.06 bits per heavy atom. The van der Waals surface area contributed by atoms with Crippen molar-refractivity contribution in [2.24, 2.45) is 0 Å². The van der Waals surface area contributed by atoms with Crippen LogP contribution in [0.2, 0.25) is 0 Å². The molecule has 0 radical (unpaired) electrons. The first-order valence-corrected chi connectivity index (χ1v) is 16.8. The van der Waals surface area contributed by atoms with Crippen LogP contribution in [-0.2, 0) is 5.41 Å². The first-order valence-electron chi connectivity index (χ1n) is 16.8. The van der Waals surface area contributed by atoms with E-state index in [4.69, 9.17) is 15.0 Å². The number of fused-ring (bicyclic) bond motifs is 11. The lowest BCUT2D eigenvalue weighted by molar-refractivity contribution is 0.794. The molecule has 1 unspecified atom stereocenters. The maximum atomic E-state index is 10.3. The van der Waals surface area contributed by atoms with E-state index in [1.165, 1.54) is 0 Å². The summed E-state index contributed by atoms with van der Waals surface area (Å²) < 4.78 is 0. The highest BCUT2D eigenvalue weighted by atomic mass is 15.0. The Morgan fingerprint density at radius 3 is 1.76 bits per heavy atom. The molecule has 7 aromatic carbocycles. The van der Waals surface area contributed by atoms with E-state index in [-0.39, 0.29) is 0 Å². The third kappa shape index (κ3) is 4.10. The Bertz CT molecular complexity index is 2770. The molecule has 0 saturated carbocycles. The predicted molar refractivity (Wildman–Crippen MR) is 199 cm³/mol. The minimum atomic E-state index is -0.700. The summed E-state index contributed by atoms with van der Waals surface area (Å²) in [6.45, 7) is 0. The van der Waals surface area contributed by atoms with E-state index in [1.54, 1.807) is 0 Å². The quantitative estimate of drug-likeness (QED) is 0.190. The van der Waals surface area contributed by atoms with Crippen LogP contribution in [0.3, 0.4) is 0 Å². The third-order valence-electron chi connectivity index (χ3n) is 10.4. The highest BCUT2D eigenvalue weighted by Crippen LogP contribution is 2.63. The molecule has 0 N–H and O–H groups in total. The van der Waals surface area contributed by atoms with Crippen molar-refractivity contribution in [3.63, 3.8) is 0 Å². The van der Waals surface area contributed by atoms with Gasteiger partial charge in [0.2, 0.25) is 0 Å². The van der Waals surface area contributed by atoms with Crippen LogP contribution < -0.4 is 0 Å². The Kier molecular flexibility index (Phi) is 6.15. The largest absolute Gasteiger partial charge is 0.208 e. The molecule has 0 saturated heterocycles. The van der Waals surface area contributed by atoms with Crippen LogP contribution in [-0.4, -0.2) is 15.0 Å². The van der Waals surface area contributed by atoms with Crippen molar-refractivity contribution in [1.82, 2.24) is 15.0 Å². The molecule has 0 amide bonds. The Labute approximate surface area is 294 Å². The second-order valence-electron chi connectivity index (χ2n) is 13.0. The summed E-state index contributed by atoms with van der Waals surface area (Å²) in [5.41, 5.74) is 11.9. The van der Waals surface area contributed by atoms with Gasteiger partial charge in [0, 0.05) is 22.3 Å². The smallest absolute Gasteiger partial charge is 0.164 e. The summed E-state index contributed by atoms with van der Waals surface area (Å²) in [6, 6.07) is 56.2. The van der Waals surface area contributed by atoms with Gasteiger partial charge >= 0.3 is 0 Å². The van der Waals surface area contributed by atoms with E-state index in [2.05, 4.69) is 72.8 Å². The summed E-state index contributed by atoms with van der Waals surface area (Å²) in [5.74, 6) is 1.82. The van der Waals surface area contributed by atoms with Crippen molar-refractivity contribution in [3.8, 4) is 68.6 Å². The van der Waals surface area contributed by atoms with Crippen molar-refractivity contribution >= 4 is 10.8 Å². The van der Waals surface area contributed by atoms with Crippen molar-refractivity contribution in [1.29, 1.82) is 10.5 Å². The van der Waals surface area contributed by atoms with Gasteiger partial charge in [0.1, 0.15) is 0 Å². The van der Waals surface area contributed by atoms with E-state index >= 15 is 0 Å². The molecule has 0 aliphatic heterocycles. The van der Waals surface area contributed by atoms with Crippen molar-refractivity contribution in [2.75, 3.05) is 0 Å². The zero-order valence-electron chi connectivity index (χ0n) is 27.2. The van der Waals surface area contributed by atoms with Crippen LogP contribution in [0, 0.1) is 22.7 Å². The number of nitrogens with zero attached hydrogens (tertiary/aromatic N) is 5. The third-order valence-corrected chi connectivity index (χ3v) is 10.4. The molecule has 51 heavy (non-hydrogen) atoms. The summed E-state index contributed by atoms with van der Waals surface area (Å²) in [4.78, 5) is 14.9. The molecule has 5 nitrogen and oxygen atoms in total. The topological polar surface area (TPSA) is 86.2 Å². The summed E-state index contributed by atoms with van der Waals surface area (Å²) in [6.07, 6.45) is 0. The molecular formula is C46H25N5. The summed E-state index contributed by atoms with van der Waals surface area (Å²) >= 11 is 0. The van der Waals surface area contributed by atoms with E-state index < -0.39 is 5.41 Å². The first kappa shape index (κ1) is 28.8. The van der Waals surface area contributed by atoms with E-state index in [0.29, 0.717) is 28.6 Å². The minimum Gasteiger partial charge on any atom is -0.208 e. The maximum absolute atomic E-state index is 10.3. The molecule has 1 aromatic heterocycles. The van der Waals surface area contributed by atoms with Gasteiger partial charge in [0.15, 0.2) is 17.5 Å². The van der Waals surface area contributed by atoms with E-state index in [1.807, 2.05) is 91.0 Å². The molecule has 8 aromatic rings. The van der Waals surface area contributed by atoms with Gasteiger partial charge < -0.3 is 0 Å². The lowest BCUT2D eigenvalue weighted by Gasteiger charge is -2.30. The lowest BCUT2D eigenvalue weighted by atomic mass is 9.70. The van der Waals surface area contributed by atoms with Gasteiger partial charge in [-0.1, -0.05) is 115 Å². The SMILES string of the molecule is N#Cc1ccc2c(c1)C1(c3cc4cc(-c5nc(-c6ccccc6)nc(-c6ccccc6)n5)ccc4cc3-2)c2ccccc2-c2c(C#N)cccc21. The molecule has 2 aliphatic rings. The van der Waals surface area contributed by atoms with Gasteiger partial charge in [-0.3, -0.25) is 0 Å². The zero-order chi connectivity index (χ0) is 34.1. The maximum Gasteiger partial charge on any atom is 0.164 e. The minimum absolute atomic E-state index is 0.594. The van der Waals surface area contributed by atoms with Crippen LogP contribution in [0.4, 0.5) is 0 Å². The molecule has 234 valence electrons. The van der Waals surface area contributed by atoms with E-state index in [9.17, 15) is 10.5 Å². The van der Waals surface area contributed by atoms with Crippen LogP contribution in [0.15, 0.2) is 152 Å². The van der Waals surface area contributed by atoms with Crippen molar-refractivity contribution < 1.29 is 0 Å². The lowest BCUT2D eigenvalue weighted by Crippen LogP contribution is -2.26.